The molecule has 3 rings (SSSR count). The van der Waals surface area contributed by atoms with Gasteiger partial charge >= 0.3 is 11.9 Å². The first-order valence-corrected chi connectivity index (χ1v) is 7.96. The number of benzene rings is 2. The second kappa shape index (κ2) is 6.11. The van der Waals surface area contributed by atoms with E-state index < -0.39 is 17.4 Å². The van der Waals surface area contributed by atoms with E-state index in [1.54, 1.807) is 48.5 Å². The average molecular weight is 324 g/mol. The van der Waals surface area contributed by atoms with E-state index in [0.717, 1.165) is 0 Å². The van der Waals surface area contributed by atoms with Crippen molar-refractivity contribution in [2.45, 2.75) is 26.7 Å². The number of hydrogen-bond acceptors (Lipinski definition) is 4. The van der Waals surface area contributed by atoms with E-state index in [2.05, 4.69) is 0 Å². The molecule has 0 aliphatic heterocycles. The van der Waals surface area contributed by atoms with Crippen LogP contribution in [0.1, 0.15) is 26.7 Å². The van der Waals surface area contributed by atoms with Crippen LogP contribution in [-0.2, 0) is 9.59 Å². The van der Waals surface area contributed by atoms with E-state index in [9.17, 15) is 9.59 Å². The van der Waals surface area contributed by atoms with E-state index >= 15 is 0 Å². The summed E-state index contributed by atoms with van der Waals surface area (Å²) in [5.74, 6) is -0.235. The Hall–Kier alpha value is -2.62. The predicted octanol–water partition coefficient (Wildman–Crippen LogP) is 4.00. The lowest BCUT2D eigenvalue weighted by Crippen LogP contribution is -2.56. The zero-order chi connectivity index (χ0) is 17.2. The molecule has 4 heteroatoms. The van der Waals surface area contributed by atoms with Gasteiger partial charge in [0.2, 0.25) is 0 Å². The molecule has 0 N–H and O–H groups in total. The summed E-state index contributed by atoms with van der Waals surface area (Å²) in [6.45, 7) is 4.05. The quantitative estimate of drug-likeness (QED) is 0.484. The maximum Gasteiger partial charge on any atom is 0.328 e. The topological polar surface area (TPSA) is 52.6 Å². The molecule has 0 heterocycles. The second-order valence-corrected chi connectivity index (χ2v) is 7.01. The van der Waals surface area contributed by atoms with Crippen molar-refractivity contribution in [1.29, 1.82) is 0 Å². The van der Waals surface area contributed by atoms with Gasteiger partial charge in [-0.2, -0.15) is 0 Å². The van der Waals surface area contributed by atoms with E-state index in [1.807, 2.05) is 26.0 Å². The van der Waals surface area contributed by atoms with Crippen molar-refractivity contribution in [2.75, 3.05) is 0 Å². The Labute approximate surface area is 141 Å². The van der Waals surface area contributed by atoms with Gasteiger partial charge in [0.25, 0.3) is 0 Å². The zero-order valence-electron chi connectivity index (χ0n) is 13.8. The molecule has 1 fully saturated rings. The molecule has 0 radical (unpaired) electrons. The smallest absolute Gasteiger partial charge is 0.328 e. The minimum atomic E-state index is -1.24. The molecule has 0 bridgehead atoms. The van der Waals surface area contributed by atoms with Crippen LogP contribution in [-0.4, -0.2) is 11.9 Å². The molecule has 124 valence electrons. The van der Waals surface area contributed by atoms with Crippen molar-refractivity contribution >= 4 is 11.9 Å². The van der Waals surface area contributed by atoms with Gasteiger partial charge in [-0.1, -0.05) is 50.2 Å². The molecule has 0 aromatic heterocycles. The van der Waals surface area contributed by atoms with Crippen molar-refractivity contribution in [2.24, 2.45) is 10.8 Å². The molecule has 0 spiro atoms. The number of rotatable bonds is 4. The lowest BCUT2D eigenvalue weighted by atomic mass is 9.54. The second-order valence-electron chi connectivity index (χ2n) is 7.01. The monoisotopic (exact) mass is 324 g/mol. The van der Waals surface area contributed by atoms with Crippen molar-refractivity contribution in [3.8, 4) is 11.5 Å². The van der Waals surface area contributed by atoms with Crippen LogP contribution in [0.4, 0.5) is 0 Å². The Morgan fingerprint density at radius 3 is 1.46 bits per heavy atom. The zero-order valence-corrected chi connectivity index (χ0v) is 13.8. The van der Waals surface area contributed by atoms with Gasteiger partial charge in [-0.05, 0) is 42.5 Å². The molecule has 0 saturated heterocycles. The van der Waals surface area contributed by atoms with Gasteiger partial charge in [-0.25, -0.2) is 0 Å². The van der Waals surface area contributed by atoms with Gasteiger partial charge in [0, 0.05) is 0 Å². The van der Waals surface area contributed by atoms with Crippen LogP contribution in [0, 0.1) is 10.8 Å². The van der Waals surface area contributed by atoms with Crippen LogP contribution in [0.25, 0.3) is 0 Å². The summed E-state index contributed by atoms with van der Waals surface area (Å²) < 4.78 is 10.9. The summed E-state index contributed by atoms with van der Waals surface area (Å²) in [7, 11) is 0. The minimum absolute atomic E-state index is 0.0918. The highest BCUT2D eigenvalue weighted by Crippen LogP contribution is 2.55. The molecule has 0 unspecified atom stereocenters. The highest BCUT2D eigenvalue weighted by atomic mass is 16.6. The SMILES string of the molecule is CC1(C)CC(C(=O)Oc2ccccc2)(C(=O)Oc2ccccc2)C1. The Morgan fingerprint density at radius 2 is 1.12 bits per heavy atom. The van der Waals surface area contributed by atoms with Crippen LogP contribution in [0.5, 0.6) is 11.5 Å². The molecule has 2 aromatic rings. The van der Waals surface area contributed by atoms with Crippen molar-refractivity contribution in [1.82, 2.24) is 0 Å². The highest BCUT2D eigenvalue weighted by molar-refractivity contribution is 6.03. The largest absolute Gasteiger partial charge is 0.426 e. The number of para-hydroxylation sites is 2. The summed E-state index contributed by atoms with van der Waals surface area (Å²) in [5, 5.41) is 0. The predicted molar refractivity (Wildman–Crippen MR) is 89.6 cm³/mol. The van der Waals surface area contributed by atoms with Crippen LogP contribution in [0.15, 0.2) is 60.7 Å². The lowest BCUT2D eigenvalue weighted by Gasteiger charge is -2.48. The standard InChI is InChI=1S/C20H20O4/c1-19(2)13-20(14-19,17(21)23-15-9-5-3-6-10-15)18(22)24-16-11-7-4-8-12-16/h3-12H,13-14H2,1-2H3. The molecule has 0 amide bonds. The normalized spacial score (nSPS) is 17.4. The van der Waals surface area contributed by atoms with Gasteiger partial charge < -0.3 is 9.47 Å². The summed E-state index contributed by atoms with van der Waals surface area (Å²) in [6.07, 6.45) is 0.828. The summed E-state index contributed by atoms with van der Waals surface area (Å²) in [5.41, 5.74) is -1.33. The third-order valence-electron chi connectivity index (χ3n) is 4.25. The number of esters is 2. The van der Waals surface area contributed by atoms with Crippen LogP contribution >= 0.6 is 0 Å². The minimum Gasteiger partial charge on any atom is -0.426 e. The third kappa shape index (κ3) is 3.18. The fraction of sp³-hybridized carbons (Fsp3) is 0.300. The first-order chi connectivity index (χ1) is 11.4. The van der Waals surface area contributed by atoms with Crippen molar-refractivity contribution in [3.05, 3.63) is 60.7 Å². The molecule has 24 heavy (non-hydrogen) atoms. The van der Waals surface area contributed by atoms with Crippen LogP contribution in [0.3, 0.4) is 0 Å². The van der Waals surface area contributed by atoms with E-state index in [0.29, 0.717) is 24.3 Å². The van der Waals surface area contributed by atoms with Crippen LogP contribution in [0.2, 0.25) is 0 Å². The Balaban J connectivity index is 1.80. The highest BCUT2D eigenvalue weighted by Gasteiger charge is 2.62. The Kier molecular flexibility index (Phi) is 4.14. The Morgan fingerprint density at radius 1 is 0.750 bits per heavy atom. The first-order valence-electron chi connectivity index (χ1n) is 7.96. The summed E-state index contributed by atoms with van der Waals surface area (Å²) in [6, 6.07) is 17.6. The maximum absolute atomic E-state index is 12.7. The molecule has 1 aliphatic carbocycles. The number of carbonyl (C=O) groups excluding carboxylic acids is 2. The number of ether oxygens (including phenoxy) is 2. The van der Waals surface area contributed by atoms with Gasteiger partial charge in [-0.15, -0.1) is 0 Å². The molecular weight excluding hydrogens is 304 g/mol. The first kappa shape index (κ1) is 16.2. The van der Waals surface area contributed by atoms with E-state index in [1.165, 1.54) is 0 Å². The summed E-state index contributed by atoms with van der Waals surface area (Å²) >= 11 is 0. The molecule has 1 aliphatic rings. The van der Waals surface area contributed by atoms with Crippen molar-refractivity contribution in [3.63, 3.8) is 0 Å². The van der Waals surface area contributed by atoms with E-state index in [-0.39, 0.29) is 5.41 Å². The lowest BCUT2D eigenvalue weighted by molar-refractivity contribution is -0.177. The molecule has 2 aromatic carbocycles. The Bertz CT molecular complexity index is 671. The van der Waals surface area contributed by atoms with Gasteiger partial charge in [-0.3, -0.25) is 9.59 Å². The molecular formula is C20H20O4. The third-order valence-corrected chi connectivity index (χ3v) is 4.25. The fourth-order valence-corrected chi connectivity index (χ4v) is 3.34. The molecule has 0 atom stereocenters. The fourth-order valence-electron chi connectivity index (χ4n) is 3.34. The average Bonchev–Trinajstić information content (AvgIpc) is 2.54. The van der Waals surface area contributed by atoms with Crippen LogP contribution < -0.4 is 9.47 Å². The molecule has 4 nitrogen and oxygen atoms in total. The van der Waals surface area contributed by atoms with Crippen molar-refractivity contribution < 1.29 is 19.1 Å². The number of carbonyl (C=O) groups is 2. The van der Waals surface area contributed by atoms with Gasteiger partial charge in [0.1, 0.15) is 11.5 Å². The maximum atomic E-state index is 12.7. The number of hydrogen-bond donors (Lipinski definition) is 0. The summed E-state index contributed by atoms with van der Waals surface area (Å²) in [4.78, 5) is 25.4. The van der Waals surface area contributed by atoms with Gasteiger partial charge in [0.05, 0.1) is 0 Å². The van der Waals surface area contributed by atoms with E-state index in [4.69, 9.17) is 9.47 Å². The molecule has 1 saturated carbocycles. The van der Waals surface area contributed by atoms with Gasteiger partial charge in [0.15, 0.2) is 5.41 Å².